The molecule has 38 heavy (non-hydrogen) atoms. The number of hydrogen-bond donors (Lipinski definition) is 4. The number of carboxylic acids is 1. The standard InChI is InChI=1S/C27H29N3O5.C3H8/c1-15-12-16(2)24(17(3)13-15)30-27(34)29-23-14-20(19-6-9-21(35-5)10-7-19)8-11-22(23)25(31)28-18(4)26(32)33;1-3-2/h6-14,18H,1-5H3,(H,28,31)(H,32,33)(H2,29,30,34);3H2,1-2H3. The molecule has 3 aromatic carbocycles. The molecule has 0 spiro atoms. The minimum absolute atomic E-state index is 0.142. The van der Waals surface area contributed by atoms with Gasteiger partial charge in [0.2, 0.25) is 0 Å². The first-order chi connectivity index (χ1) is 18.0. The molecule has 1 unspecified atom stereocenters. The lowest BCUT2D eigenvalue weighted by atomic mass is 10.0. The summed E-state index contributed by atoms with van der Waals surface area (Å²) < 4.78 is 5.21. The van der Waals surface area contributed by atoms with E-state index in [1.165, 1.54) is 13.3 Å². The number of methoxy groups -OCH3 is 1. The second kappa shape index (κ2) is 13.8. The maximum atomic E-state index is 12.9. The number of rotatable bonds is 7. The number of aryl methyl sites for hydroxylation is 3. The van der Waals surface area contributed by atoms with Gasteiger partial charge in [0, 0.05) is 5.69 Å². The Hall–Kier alpha value is -4.33. The highest BCUT2D eigenvalue weighted by atomic mass is 16.5. The predicted octanol–water partition coefficient (Wildman–Crippen LogP) is 6.55. The average Bonchev–Trinajstić information content (AvgIpc) is 2.86. The number of anilines is 2. The van der Waals surface area contributed by atoms with E-state index in [0.717, 1.165) is 27.8 Å². The Morgan fingerprint density at radius 2 is 1.42 bits per heavy atom. The highest BCUT2D eigenvalue weighted by molar-refractivity contribution is 6.08. The van der Waals surface area contributed by atoms with Crippen LogP contribution in [-0.2, 0) is 4.79 Å². The third kappa shape index (κ3) is 8.09. The number of hydrogen-bond acceptors (Lipinski definition) is 4. The van der Waals surface area contributed by atoms with Gasteiger partial charge in [0.15, 0.2) is 0 Å². The lowest BCUT2D eigenvalue weighted by Crippen LogP contribution is -2.38. The summed E-state index contributed by atoms with van der Waals surface area (Å²) in [6, 6.07) is 14.7. The lowest BCUT2D eigenvalue weighted by Gasteiger charge is -2.17. The maximum absolute atomic E-state index is 12.9. The molecule has 0 radical (unpaired) electrons. The number of urea groups is 1. The van der Waals surface area contributed by atoms with Crippen LogP contribution in [0, 0.1) is 20.8 Å². The lowest BCUT2D eigenvalue weighted by molar-refractivity contribution is -0.138. The van der Waals surface area contributed by atoms with E-state index in [0.29, 0.717) is 11.4 Å². The van der Waals surface area contributed by atoms with E-state index in [-0.39, 0.29) is 11.3 Å². The van der Waals surface area contributed by atoms with Crippen molar-refractivity contribution in [1.29, 1.82) is 0 Å². The number of carboxylic acid groups (broad SMARTS) is 1. The second-order valence-electron chi connectivity index (χ2n) is 9.08. The topological polar surface area (TPSA) is 117 Å². The number of amides is 3. The summed E-state index contributed by atoms with van der Waals surface area (Å²) in [5, 5.41) is 17.2. The fourth-order valence-corrected chi connectivity index (χ4v) is 3.79. The third-order valence-electron chi connectivity index (χ3n) is 5.57. The van der Waals surface area contributed by atoms with Crippen LogP contribution in [0.25, 0.3) is 11.1 Å². The molecule has 0 aromatic heterocycles. The number of nitrogens with one attached hydrogen (secondary N) is 3. The number of aliphatic carboxylic acids is 1. The summed E-state index contributed by atoms with van der Waals surface area (Å²) in [6.07, 6.45) is 1.25. The van der Waals surface area contributed by atoms with Crippen LogP contribution in [0.5, 0.6) is 5.75 Å². The summed E-state index contributed by atoms with van der Waals surface area (Å²) in [7, 11) is 1.58. The first-order valence-electron chi connectivity index (χ1n) is 12.5. The van der Waals surface area contributed by atoms with Crippen molar-refractivity contribution in [2.75, 3.05) is 17.7 Å². The zero-order valence-electron chi connectivity index (χ0n) is 23.1. The first kappa shape index (κ1) is 29.9. The van der Waals surface area contributed by atoms with Crippen LogP contribution in [0.3, 0.4) is 0 Å². The van der Waals surface area contributed by atoms with Gasteiger partial charge in [-0.25, -0.2) is 4.79 Å². The molecule has 0 fully saturated rings. The molecular weight excluding hydrogens is 482 g/mol. The molecular formula is C30H37N3O5. The molecule has 0 aliphatic carbocycles. The van der Waals surface area contributed by atoms with Crippen molar-refractivity contribution in [3.05, 3.63) is 76.9 Å². The number of carbonyl (C=O) groups excluding carboxylic acids is 2. The van der Waals surface area contributed by atoms with Crippen LogP contribution < -0.4 is 20.7 Å². The molecule has 0 heterocycles. The maximum Gasteiger partial charge on any atom is 0.325 e. The Morgan fingerprint density at radius 3 is 1.95 bits per heavy atom. The van der Waals surface area contributed by atoms with Crippen molar-refractivity contribution in [2.45, 2.75) is 54.0 Å². The van der Waals surface area contributed by atoms with Gasteiger partial charge in [-0.2, -0.15) is 0 Å². The highest BCUT2D eigenvalue weighted by Gasteiger charge is 2.20. The quantitative estimate of drug-likeness (QED) is 0.282. The molecule has 3 rings (SSSR count). The second-order valence-corrected chi connectivity index (χ2v) is 9.08. The van der Waals surface area contributed by atoms with Crippen LogP contribution in [-0.4, -0.2) is 36.2 Å². The van der Waals surface area contributed by atoms with Crippen LogP contribution in [0.1, 0.15) is 54.2 Å². The van der Waals surface area contributed by atoms with Gasteiger partial charge in [0.1, 0.15) is 11.8 Å². The van der Waals surface area contributed by atoms with Crippen molar-refractivity contribution < 1.29 is 24.2 Å². The Labute approximate surface area is 224 Å². The molecule has 0 saturated heterocycles. The molecule has 3 aromatic rings. The zero-order valence-corrected chi connectivity index (χ0v) is 23.1. The van der Waals surface area contributed by atoms with Gasteiger partial charge in [-0.15, -0.1) is 0 Å². The minimum Gasteiger partial charge on any atom is -0.497 e. The van der Waals surface area contributed by atoms with E-state index in [1.54, 1.807) is 25.3 Å². The van der Waals surface area contributed by atoms with Crippen molar-refractivity contribution in [2.24, 2.45) is 0 Å². The van der Waals surface area contributed by atoms with E-state index >= 15 is 0 Å². The van der Waals surface area contributed by atoms with Crippen LogP contribution in [0.4, 0.5) is 16.2 Å². The van der Waals surface area contributed by atoms with Gasteiger partial charge >= 0.3 is 12.0 Å². The number of benzene rings is 3. The SMILES string of the molecule is CCC.COc1ccc(-c2ccc(C(=O)NC(C)C(=O)O)c(NC(=O)Nc3c(C)cc(C)cc3C)c2)cc1. The smallest absolute Gasteiger partial charge is 0.325 e. The van der Waals surface area contributed by atoms with Crippen LogP contribution >= 0.6 is 0 Å². The summed E-state index contributed by atoms with van der Waals surface area (Å²) in [5.41, 5.74) is 5.60. The molecule has 0 bridgehead atoms. The van der Waals surface area contributed by atoms with E-state index in [4.69, 9.17) is 9.84 Å². The Kier molecular flexibility index (Phi) is 10.9. The highest BCUT2D eigenvalue weighted by Crippen LogP contribution is 2.28. The molecule has 0 saturated carbocycles. The first-order valence-corrected chi connectivity index (χ1v) is 12.5. The Morgan fingerprint density at radius 1 is 0.868 bits per heavy atom. The molecule has 4 N–H and O–H groups in total. The van der Waals surface area contributed by atoms with Crippen molar-refractivity contribution >= 4 is 29.3 Å². The van der Waals surface area contributed by atoms with Crippen LogP contribution in [0.2, 0.25) is 0 Å². The normalized spacial score (nSPS) is 10.9. The van der Waals surface area contributed by atoms with Gasteiger partial charge in [-0.05, 0) is 74.2 Å². The fourth-order valence-electron chi connectivity index (χ4n) is 3.79. The fraction of sp³-hybridized carbons (Fsp3) is 0.300. The van der Waals surface area contributed by atoms with Gasteiger partial charge in [0.05, 0.1) is 18.4 Å². The molecule has 3 amide bonds. The largest absolute Gasteiger partial charge is 0.497 e. The average molecular weight is 520 g/mol. The van der Waals surface area contributed by atoms with E-state index < -0.39 is 23.9 Å². The van der Waals surface area contributed by atoms with Crippen molar-refractivity contribution in [3.8, 4) is 16.9 Å². The molecule has 1 atom stereocenters. The minimum atomic E-state index is -1.16. The molecule has 0 aliphatic heterocycles. The predicted molar refractivity (Wildman–Crippen MR) is 152 cm³/mol. The summed E-state index contributed by atoms with van der Waals surface area (Å²) in [5.74, 6) is -1.07. The van der Waals surface area contributed by atoms with E-state index in [1.807, 2.05) is 57.2 Å². The number of carbonyl (C=O) groups is 3. The summed E-state index contributed by atoms with van der Waals surface area (Å²) >= 11 is 0. The van der Waals surface area contributed by atoms with Gasteiger partial charge in [-0.1, -0.05) is 56.2 Å². The molecule has 8 nitrogen and oxygen atoms in total. The summed E-state index contributed by atoms with van der Waals surface area (Å²) in [6.45, 7) is 11.4. The van der Waals surface area contributed by atoms with Crippen molar-refractivity contribution in [3.63, 3.8) is 0 Å². The van der Waals surface area contributed by atoms with E-state index in [9.17, 15) is 14.4 Å². The number of ether oxygens (including phenoxy) is 1. The van der Waals surface area contributed by atoms with E-state index in [2.05, 4.69) is 29.8 Å². The van der Waals surface area contributed by atoms with Gasteiger partial charge in [-0.3, -0.25) is 9.59 Å². The zero-order chi connectivity index (χ0) is 28.4. The Bertz CT molecular complexity index is 1260. The van der Waals surface area contributed by atoms with Gasteiger partial charge in [0.25, 0.3) is 5.91 Å². The summed E-state index contributed by atoms with van der Waals surface area (Å²) in [4.78, 5) is 37.0. The molecule has 202 valence electrons. The van der Waals surface area contributed by atoms with Crippen molar-refractivity contribution in [1.82, 2.24) is 5.32 Å². The molecule has 8 heteroatoms. The Balaban J connectivity index is 0.00000161. The monoisotopic (exact) mass is 519 g/mol. The molecule has 0 aliphatic rings. The van der Waals surface area contributed by atoms with Crippen LogP contribution in [0.15, 0.2) is 54.6 Å². The van der Waals surface area contributed by atoms with Gasteiger partial charge < -0.3 is 25.8 Å². The third-order valence-corrected chi connectivity index (χ3v) is 5.57.